The molecule has 0 aromatic heterocycles. The number of aliphatic hydroxyl groups is 1. The summed E-state index contributed by atoms with van der Waals surface area (Å²) in [6, 6.07) is 10.9. The highest BCUT2D eigenvalue weighted by molar-refractivity contribution is 7.89. The minimum Gasteiger partial charge on any atom is -0.487 e. The van der Waals surface area contributed by atoms with Gasteiger partial charge in [-0.2, -0.15) is 4.31 Å². The molecule has 0 saturated heterocycles. The third-order valence-corrected chi connectivity index (χ3v) is 7.93. The fourth-order valence-electron chi connectivity index (χ4n) is 4.03. The molecule has 8 heteroatoms. The van der Waals surface area contributed by atoms with Gasteiger partial charge in [0.15, 0.2) is 0 Å². The molecule has 0 saturated carbocycles. The van der Waals surface area contributed by atoms with E-state index < -0.39 is 16.1 Å². The smallest absolute Gasteiger partial charge is 0.247 e. The lowest BCUT2D eigenvalue weighted by Gasteiger charge is -2.37. The van der Waals surface area contributed by atoms with Gasteiger partial charge in [0.1, 0.15) is 22.6 Å². The third-order valence-electron chi connectivity index (χ3n) is 5.91. The Labute approximate surface area is 196 Å². The van der Waals surface area contributed by atoms with E-state index in [0.717, 1.165) is 11.1 Å². The van der Waals surface area contributed by atoms with Crippen LogP contribution in [0, 0.1) is 11.7 Å². The van der Waals surface area contributed by atoms with Crippen LogP contribution in [-0.4, -0.2) is 61.6 Å². The zero-order valence-electron chi connectivity index (χ0n) is 19.6. The molecule has 2 aromatic rings. The topological polar surface area (TPSA) is 70.1 Å². The van der Waals surface area contributed by atoms with Crippen LogP contribution in [0.1, 0.15) is 31.9 Å². The first-order valence-electron chi connectivity index (χ1n) is 11.1. The van der Waals surface area contributed by atoms with Crippen molar-refractivity contribution in [3.8, 4) is 5.75 Å². The third kappa shape index (κ3) is 6.00. The maximum Gasteiger partial charge on any atom is 0.247 e. The second-order valence-corrected chi connectivity index (χ2v) is 10.6. The van der Waals surface area contributed by atoms with Crippen LogP contribution in [-0.2, 0) is 16.6 Å². The second-order valence-electron chi connectivity index (χ2n) is 8.77. The molecule has 0 spiro atoms. The van der Waals surface area contributed by atoms with Crippen LogP contribution < -0.4 is 4.74 Å². The number of hydrogen-bond acceptors (Lipinski definition) is 5. The molecule has 0 amide bonds. The number of allylic oxidation sites excluding steroid dienone is 1. The quantitative estimate of drug-likeness (QED) is 0.659. The zero-order valence-corrected chi connectivity index (χ0v) is 20.4. The normalized spacial score (nSPS) is 21.9. The highest BCUT2D eigenvalue weighted by atomic mass is 32.2. The molecule has 0 unspecified atom stereocenters. The Morgan fingerprint density at radius 2 is 1.97 bits per heavy atom. The molecule has 0 aliphatic carbocycles. The predicted molar refractivity (Wildman–Crippen MR) is 128 cm³/mol. The molecule has 1 N–H and O–H groups in total. The molecule has 33 heavy (non-hydrogen) atoms. The number of likely N-dealkylation sites (N-methyl/N-ethyl adjacent to an activating group) is 1. The molecule has 1 aliphatic rings. The SMILES string of the molecule is C/C=C/c1ccc2c(c1)O[C@@H](CN(C)Cc1ccc(F)cc1)[C@H](C)CN([C@H](C)CO)S2(=O)=O. The Balaban J connectivity index is 1.95. The van der Waals surface area contributed by atoms with E-state index >= 15 is 0 Å². The van der Waals surface area contributed by atoms with Crippen LogP contribution in [0.5, 0.6) is 5.75 Å². The maximum atomic E-state index is 13.5. The van der Waals surface area contributed by atoms with Gasteiger partial charge < -0.3 is 9.84 Å². The molecule has 1 aliphatic heterocycles. The van der Waals surface area contributed by atoms with Crippen molar-refractivity contribution in [2.24, 2.45) is 5.92 Å². The van der Waals surface area contributed by atoms with Crippen LogP contribution in [0.25, 0.3) is 6.08 Å². The average Bonchev–Trinajstić information content (AvgIpc) is 2.77. The number of hydrogen-bond donors (Lipinski definition) is 1. The number of aliphatic hydroxyl groups excluding tert-OH is 1. The van der Waals surface area contributed by atoms with Gasteiger partial charge >= 0.3 is 0 Å². The summed E-state index contributed by atoms with van der Waals surface area (Å²) in [5, 5.41) is 9.74. The van der Waals surface area contributed by atoms with Crippen molar-refractivity contribution in [1.82, 2.24) is 9.21 Å². The van der Waals surface area contributed by atoms with Crippen molar-refractivity contribution in [2.45, 2.75) is 44.4 Å². The molecule has 3 rings (SSSR count). The largest absolute Gasteiger partial charge is 0.487 e. The number of fused-ring (bicyclic) bond motifs is 1. The van der Waals surface area contributed by atoms with Gasteiger partial charge in [0.2, 0.25) is 10.0 Å². The van der Waals surface area contributed by atoms with E-state index in [-0.39, 0.29) is 35.9 Å². The molecule has 2 aromatic carbocycles. The summed E-state index contributed by atoms with van der Waals surface area (Å²) >= 11 is 0. The fourth-order valence-corrected chi connectivity index (χ4v) is 5.86. The van der Waals surface area contributed by atoms with E-state index in [1.165, 1.54) is 16.4 Å². The van der Waals surface area contributed by atoms with Crippen molar-refractivity contribution >= 4 is 16.1 Å². The van der Waals surface area contributed by atoms with Crippen molar-refractivity contribution in [2.75, 3.05) is 26.7 Å². The molecule has 0 fully saturated rings. The molecule has 0 bridgehead atoms. The molecule has 3 atom stereocenters. The number of benzene rings is 2. The van der Waals surface area contributed by atoms with Gasteiger partial charge in [-0.1, -0.05) is 37.3 Å². The number of rotatable bonds is 7. The van der Waals surface area contributed by atoms with Gasteiger partial charge in [-0.3, -0.25) is 4.90 Å². The Kier molecular flexibility index (Phi) is 8.28. The molecule has 180 valence electrons. The summed E-state index contributed by atoms with van der Waals surface area (Å²) in [5.74, 6) is -0.0957. The lowest BCUT2D eigenvalue weighted by molar-refractivity contribution is 0.0733. The Morgan fingerprint density at radius 3 is 2.61 bits per heavy atom. The van der Waals surface area contributed by atoms with E-state index in [9.17, 15) is 17.9 Å². The summed E-state index contributed by atoms with van der Waals surface area (Å²) in [6.45, 7) is 6.68. The van der Waals surface area contributed by atoms with Crippen LogP contribution >= 0.6 is 0 Å². The van der Waals surface area contributed by atoms with Crippen molar-refractivity contribution in [3.63, 3.8) is 0 Å². The summed E-state index contributed by atoms with van der Waals surface area (Å²) in [6.07, 6.45) is 3.48. The zero-order chi connectivity index (χ0) is 24.2. The molecule has 1 heterocycles. The second kappa shape index (κ2) is 10.8. The van der Waals surface area contributed by atoms with Gasteiger partial charge in [-0.15, -0.1) is 0 Å². The number of sulfonamides is 1. The van der Waals surface area contributed by atoms with Gasteiger partial charge in [0.05, 0.1) is 6.61 Å². The molecular weight excluding hydrogens is 443 g/mol. The maximum absolute atomic E-state index is 13.5. The van der Waals surface area contributed by atoms with Crippen LogP contribution in [0.3, 0.4) is 0 Å². The Morgan fingerprint density at radius 1 is 1.27 bits per heavy atom. The summed E-state index contributed by atoms with van der Waals surface area (Å²) in [7, 11) is -1.89. The summed E-state index contributed by atoms with van der Waals surface area (Å²) in [5.41, 5.74) is 1.83. The lowest BCUT2D eigenvalue weighted by Crippen LogP contribution is -2.49. The number of halogens is 1. The average molecular weight is 477 g/mol. The first kappa shape index (κ1) is 25.4. The van der Waals surface area contributed by atoms with E-state index in [1.54, 1.807) is 37.3 Å². The molecule has 0 radical (unpaired) electrons. The van der Waals surface area contributed by atoms with Crippen molar-refractivity contribution < 1.29 is 22.7 Å². The lowest BCUT2D eigenvalue weighted by atomic mass is 10.0. The highest BCUT2D eigenvalue weighted by Crippen LogP contribution is 2.34. The van der Waals surface area contributed by atoms with E-state index in [2.05, 4.69) is 4.90 Å². The number of ether oxygens (including phenoxy) is 1. The monoisotopic (exact) mass is 476 g/mol. The first-order chi connectivity index (χ1) is 15.6. The first-order valence-corrected chi connectivity index (χ1v) is 12.6. The van der Waals surface area contributed by atoms with E-state index in [1.807, 2.05) is 33.0 Å². The number of nitrogens with zero attached hydrogens (tertiary/aromatic N) is 2. The summed E-state index contributed by atoms with van der Waals surface area (Å²) < 4.78 is 47.9. The van der Waals surface area contributed by atoms with Crippen LogP contribution in [0.4, 0.5) is 4.39 Å². The van der Waals surface area contributed by atoms with Gasteiger partial charge in [0, 0.05) is 31.6 Å². The standard InChI is InChI=1S/C25H33FN2O4S/c1-5-6-20-9-12-25-23(13-20)32-24(16-27(4)15-21-7-10-22(26)11-8-21)18(2)14-28(19(3)17-29)33(25,30)31/h5-13,18-19,24,29H,14-17H2,1-4H3/b6-5+/t18-,19-,24+/m1/s1. The minimum atomic E-state index is -3.85. The van der Waals surface area contributed by atoms with Crippen LogP contribution in [0.2, 0.25) is 0 Å². The van der Waals surface area contributed by atoms with Gasteiger partial charge in [-0.25, -0.2) is 12.8 Å². The molecular formula is C25H33FN2O4S. The van der Waals surface area contributed by atoms with E-state index in [0.29, 0.717) is 18.8 Å². The highest BCUT2D eigenvalue weighted by Gasteiger charge is 2.38. The Hall–Kier alpha value is -2.26. The summed E-state index contributed by atoms with van der Waals surface area (Å²) in [4.78, 5) is 2.19. The Bertz CT molecular complexity index is 1070. The predicted octanol–water partition coefficient (Wildman–Crippen LogP) is 3.76. The van der Waals surface area contributed by atoms with Crippen LogP contribution in [0.15, 0.2) is 53.4 Å². The molecule has 6 nitrogen and oxygen atoms in total. The fraction of sp³-hybridized carbons (Fsp3) is 0.440. The minimum absolute atomic E-state index is 0.106. The van der Waals surface area contributed by atoms with Gasteiger partial charge in [0.25, 0.3) is 0 Å². The van der Waals surface area contributed by atoms with E-state index in [4.69, 9.17) is 4.74 Å². The van der Waals surface area contributed by atoms with Crippen molar-refractivity contribution in [3.05, 3.63) is 65.5 Å². The van der Waals surface area contributed by atoms with Gasteiger partial charge in [-0.05, 0) is 56.3 Å². The van der Waals surface area contributed by atoms with Crippen molar-refractivity contribution in [1.29, 1.82) is 0 Å².